The number of rotatable bonds is 3. The molecule has 10 heavy (non-hydrogen) atoms. The van der Waals surface area contributed by atoms with Gasteiger partial charge in [-0.25, -0.2) is 16.8 Å². The van der Waals surface area contributed by atoms with Gasteiger partial charge < -0.3 is 0 Å². The van der Waals surface area contributed by atoms with Crippen LogP contribution >= 0.6 is 0 Å². The van der Waals surface area contributed by atoms with Gasteiger partial charge in [-0.3, -0.25) is 4.55 Å². The highest BCUT2D eigenvalue weighted by Gasteiger charge is 2.13. The lowest BCUT2D eigenvalue weighted by molar-refractivity contribution is 0.500. The van der Waals surface area contributed by atoms with Crippen LogP contribution in [0.1, 0.15) is 0 Å². The molecule has 0 unspecified atom stereocenters. The summed E-state index contributed by atoms with van der Waals surface area (Å²) in [5, 5.41) is 0. The van der Waals surface area contributed by atoms with Gasteiger partial charge in [-0.05, 0) is 0 Å². The summed E-state index contributed by atoms with van der Waals surface area (Å²) >= 11 is 0. The first-order chi connectivity index (χ1) is 4.21. The van der Waals surface area contributed by atoms with E-state index in [2.05, 4.69) is 0 Å². The molecule has 0 saturated carbocycles. The van der Waals surface area contributed by atoms with E-state index >= 15 is 0 Å². The highest BCUT2D eigenvalue weighted by Crippen LogP contribution is 1.84. The second kappa shape index (κ2) is 2.89. The molecule has 0 aromatic rings. The lowest BCUT2D eigenvalue weighted by Gasteiger charge is -1.91. The predicted molar refractivity (Wildman–Crippen MR) is 37.0 cm³/mol. The fourth-order valence-corrected chi connectivity index (χ4v) is 1.89. The Morgan fingerprint density at radius 1 is 1.30 bits per heavy atom. The zero-order chi connectivity index (χ0) is 8.41. The maximum Gasteiger partial charge on any atom is 0.333 e. The molecule has 0 aliphatic carbocycles. The number of hydrogen-bond donors (Lipinski definition) is 1. The van der Waals surface area contributed by atoms with Crippen LogP contribution in [-0.2, 0) is 19.8 Å². The van der Waals surface area contributed by atoms with Crippen LogP contribution in [0, 0.1) is 0 Å². The third-order valence-electron chi connectivity index (χ3n) is 0.581. The Hall–Kier alpha value is -0.0751. The van der Waals surface area contributed by atoms with Gasteiger partial charge in [0.2, 0.25) is 9.97 Å². The molecule has 0 aromatic carbocycles. The van der Waals surface area contributed by atoms with E-state index in [4.69, 9.17) is 4.55 Å². The summed E-state index contributed by atoms with van der Waals surface area (Å²) in [6, 6.07) is 0. The quantitative estimate of drug-likeness (QED) is 0.426. The van der Waals surface area contributed by atoms with E-state index in [9.17, 15) is 16.8 Å². The molecule has 8 heteroatoms. The summed E-state index contributed by atoms with van der Waals surface area (Å²) in [6.07, 6.45) is 0.870. The van der Waals surface area contributed by atoms with Crippen LogP contribution in [0.5, 0.6) is 0 Å². The van der Waals surface area contributed by atoms with E-state index in [0.29, 0.717) is 6.56 Å². The van der Waals surface area contributed by atoms with E-state index in [1.54, 1.807) is 0 Å². The fourth-order valence-electron chi connectivity index (χ4n) is 0.210. The Balaban J connectivity index is 4.05. The molecule has 0 fully saturated rings. The molecule has 0 amide bonds. The highest BCUT2D eigenvalue weighted by atomic mass is 32.2. The molecule has 0 aliphatic rings. The van der Waals surface area contributed by atoms with Crippen molar-refractivity contribution in [3.8, 4) is 0 Å². The summed E-state index contributed by atoms with van der Waals surface area (Å²) in [6.45, 7) is 0.336. The average Bonchev–Trinajstić information content (AvgIpc) is 1.57. The van der Waals surface area contributed by atoms with E-state index < -0.39 is 25.5 Å². The molecule has 0 aliphatic heterocycles. The third-order valence-corrected chi connectivity index (χ3v) is 2.15. The maximum absolute atomic E-state index is 10.3. The van der Waals surface area contributed by atoms with Gasteiger partial charge in [0.15, 0.2) is 0 Å². The first kappa shape index (κ1) is 9.92. The predicted octanol–water partition coefficient (Wildman–Crippen LogP) is -1.50. The normalized spacial score (nSPS) is 13.0. The Morgan fingerprint density at radius 3 is 1.80 bits per heavy atom. The topological polar surface area (TPSA) is 88.5 Å². The lowest BCUT2D eigenvalue weighted by Crippen LogP contribution is -2.18. The molecular weight excluding hydrogens is 179 g/mol. The summed E-state index contributed by atoms with van der Waals surface area (Å²) < 4.78 is 48.4. The third kappa shape index (κ3) is 7.92. The molecule has 1 radical (unpaired) electrons. The lowest BCUT2D eigenvalue weighted by atomic mass is 10.2. The minimum Gasteiger partial charge on any atom is -0.295 e. The van der Waals surface area contributed by atoms with Crippen molar-refractivity contribution in [2.45, 2.75) is 0 Å². The molecular formula is C2H6BO5S2. The van der Waals surface area contributed by atoms with E-state index in [1.807, 2.05) is 0 Å². The summed E-state index contributed by atoms with van der Waals surface area (Å²) in [7, 11) is -7.61. The molecule has 1 N–H and O–H groups in total. The second-order valence-electron chi connectivity index (χ2n) is 1.77. The smallest absolute Gasteiger partial charge is 0.295 e. The van der Waals surface area contributed by atoms with Crippen molar-refractivity contribution in [1.82, 2.24) is 0 Å². The molecule has 0 aromatic heterocycles. The largest absolute Gasteiger partial charge is 0.333 e. The van der Waals surface area contributed by atoms with Gasteiger partial charge in [0.05, 0.1) is 0 Å². The molecule has 0 bridgehead atoms. The SMILES string of the molecule is CS(=O)(=O)C[B]S(=O)(=O)O. The highest BCUT2D eigenvalue weighted by molar-refractivity contribution is 8.13. The van der Waals surface area contributed by atoms with Gasteiger partial charge in [-0.2, -0.15) is 0 Å². The van der Waals surface area contributed by atoms with Gasteiger partial charge in [-0.1, -0.05) is 0 Å². The van der Waals surface area contributed by atoms with Gasteiger partial charge in [0.25, 0.3) is 0 Å². The van der Waals surface area contributed by atoms with E-state index in [1.165, 1.54) is 0 Å². The first-order valence-corrected chi connectivity index (χ1v) is 5.75. The number of hydrogen-bond acceptors (Lipinski definition) is 4. The minimum absolute atomic E-state index is 0.336. The Labute approximate surface area is 60.2 Å². The van der Waals surface area contributed by atoms with Crippen molar-refractivity contribution in [2.24, 2.45) is 0 Å². The van der Waals surface area contributed by atoms with Crippen LogP contribution < -0.4 is 0 Å². The standard InChI is InChI=1S/C2H6BO5S2/c1-9(4,5)2-3-10(6,7)8/h2H2,1H3,(H,6,7,8). The Kier molecular flexibility index (Phi) is 2.87. The van der Waals surface area contributed by atoms with Crippen molar-refractivity contribution >= 4 is 26.4 Å². The van der Waals surface area contributed by atoms with Crippen LogP contribution in [0.25, 0.3) is 0 Å². The van der Waals surface area contributed by atoms with Crippen LogP contribution in [0.2, 0.25) is 0 Å². The average molecular weight is 185 g/mol. The maximum atomic E-state index is 10.3. The minimum atomic E-state index is -4.26. The monoisotopic (exact) mass is 185 g/mol. The van der Waals surface area contributed by atoms with Gasteiger partial charge in [-0.15, -0.1) is 0 Å². The van der Waals surface area contributed by atoms with Gasteiger partial charge in [0.1, 0.15) is 9.84 Å². The van der Waals surface area contributed by atoms with Crippen molar-refractivity contribution in [3.63, 3.8) is 0 Å². The summed E-state index contributed by atoms with van der Waals surface area (Å²) in [5.74, 6) is 0. The van der Waals surface area contributed by atoms with Gasteiger partial charge in [0, 0.05) is 11.9 Å². The Bertz CT molecular complexity index is 254. The van der Waals surface area contributed by atoms with Crippen LogP contribution in [0.3, 0.4) is 0 Å². The first-order valence-electron chi connectivity index (χ1n) is 2.19. The zero-order valence-electron chi connectivity index (χ0n) is 5.18. The van der Waals surface area contributed by atoms with Gasteiger partial charge >= 0.3 is 6.56 Å². The van der Waals surface area contributed by atoms with E-state index in [0.717, 1.165) is 6.26 Å². The molecule has 0 spiro atoms. The van der Waals surface area contributed by atoms with Crippen molar-refractivity contribution in [3.05, 3.63) is 0 Å². The second-order valence-corrected chi connectivity index (χ2v) is 5.32. The van der Waals surface area contributed by atoms with Crippen molar-refractivity contribution in [1.29, 1.82) is 0 Å². The van der Waals surface area contributed by atoms with E-state index in [-0.39, 0.29) is 0 Å². The molecule has 0 rings (SSSR count). The van der Waals surface area contributed by atoms with Crippen molar-refractivity contribution < 1.29 is 21.4 Å². The van der Waals surface area contributed by atoms with Crippen molar-refractivity contribution in [2.75, 3.05) is 11.9 Å². The Morgan fingerprint density at radius 2 is 1.70 bits per heavy atom. The zero-order valence-corrected chi connectivity index (χ0v) is 6.81. The number of sulfone groups is 1. The van der Waals surface area contributed by atoms with Crippen LogP contribution in [-0.4, -0.2) is 39.9 Å². The molecule has 59 valence electrons. The summed E-state index contributed by atoms with van der Waals surface area (Å²) in [4.78, 5) is 0. The van der Waals surface area contributed by atoms with Crippen LogP contribution in [0.15, 0.2) is 0 Å². The molecule has 0 saturated heterocycles. The molecule has 0 heterocycles. The molecule has 0 atom stereocenters. The molecule has 5 nitrogen and oxygen atoms in total. The fraction of sp³-hybridized carbons (Fsp3) is 1.00. The van der Waals surface area contributed by atoms with Crippen LogP contribution in [0.4, 0.5) is 0 Å². The summed E-state index contributed by atoms with van der Waals surface area (Å²) in [5.41, 5.74) is -0.661.